The Morgan fingerprint density at radius 3 is 2.55 bits per heavy atom. The summed E-state index contributed by atoms with van der Waals surface area (Å²) in [6.07, 6.45) is 2.81. The Hall–Kier alpha value is -3.03. The zero-order valence-electron chi connectivity index (χ0n) is 21.9. The van der Waals surface area contributed by atoms with E-state index in [1.807, 2.05) is 17.0 Å². The highest BCUT2D eigenvalue weighted by Crippen LogP contribution is 2.54. The number of hydrogen-bond acceptors (Lipinski definition) is 5. The van der Waals surface area contributed by atoms with Gasteiger partial charge in [0, 0.05) is 59.0 Å². The number of fused-ring (bicyclic) bond motifs is 2. The predicted molar refractivity (Wildman–Crippen MR) is 150 cm³/mol. The monoisotopic (exact) mass is 556 g/mol. The van der Waals surface area contributed by atoms with Gasteiger partial charge in [-0.05, 0) is 75.1 Å². The zero-order valence-corrected chi connectivity index (χ0v) is 23.4. The first-order valence-corrected chi connectivity index (χ1v) is 13.4. The molecule has 5 rings (SSSR count). The number of nitrogens with two attached hydrogens (primary N) is 1. The van der Waals surface area contributed by atoms with Gasteiger partial charge in [0.15, 0.2) is 11.6 Å². The van der Waals surface area contributed by atoms with Crippen LogP contribution in [0, 0.1) is 5.82 Å². The fraction of sp³-hybridized carbons (Fsp3) is 0.379. The van der Waals surface area contributed by atoms with Gasteiger partial charge < -0.3 is 20.7 Å². The molecule has 1 saturated heterocycles. The van der Waals surface area contributed by atoms with Crippen LogP contribution in [0.5, 0.6) is 5.75 Å². The van der Waals surface area contributed by atoms with Crippen molar-refractivity contribution in [2.45, 2.75) is 57.6 Å². The van der Waals surface area contributed by atoms with Crippen LogP contribution in [0.1, 0.15) is 57.8 Å². The molecular formula is C29H31Cl2FN4O2. The topological polar surface area (TPSA) is 80.5 Å². The molecule has 200 valence electrons. The van der Waals surface area contributed by atoms with E-state index in [4.69, 9.17) is 33.7 Å². The average Bonchev–Trinajstić information content (AvgIpc) is 3.08. The normalized spacial score (nSPS) is 18.1. The van der Waals surface area contributed by atoms with Crippen LogP contribution in [0.2, 0.25) is 10.0 Å². The summed E-state index contributed by atoms with van der Waals surface area (Å²) in [5, 5.41) is 3.94. The molecule has 1 atom stereocenters. The maximum atomic E-state index is 14.1. The minimum Gasteiger partial charge on any atom is -0.482 e. The van der Waals surface area contributed by atoms with Crippen LogP contribution < -0.4 is 15.8 Å². The number of pyridine rings is 1. The van der Waals surface area contributed by atoms with Crippen molar-refractivity contribution in [3.05, 3.63) is 69.6 Å². The summed E-state index contributed by atoms with van der Waals surface area (Å²) in [6, 6.07) is 10.9. The Labute approximate surface area is 232 Å². The van der Waals surface area contributed by atoms with Crippen LogP contribution in [0.25, 0.3) is 11.1 Å². The van der Waals surface area contributed by atoms with Crippen molar-refractivity contribution in [1.82, 2.24) is 9.88 Å². The maximum Gasteiger partial charge on any atom is 0.219 e. The summed E-state index contributed by atoms with van der Waals surface area (Å²) in [6.45, 7) is 9.29. The van der Waals surface area contributed by atoms with Crippen molar-refractivity contribution < 1.29 is 13.9 Å². The number of nitrogens with one attached hydrogen (secondary N) is 1. The lowest BCUT2D eigenvalue weighted by atomic mass is 9.63. The second-order valence-corrected chi connectivity index (χ2v) is 11.5. The van der Waals surface area contributed by atoms with Gasteiger partial charge in [-0.15, -0.1) is 0 Å². The third kappa shape index (κ3) is 4.35. The van der Waals surface area contributed by atoms with Gasteiger partial charge in [-0.1, -0.05) is 29.3 Å². The average molecular weight is 557 g/mol. The van der Waals surface area contributed by atoms with Crippen molar-refractivity contribution in [2.24, 2.45) is 0 Å². The summed E-state index contributed by atoms with van der Waals surface area (Å²) in [7, 11) is 0. The summed E-state index contributed by atoms with van der Waals surface area (Å²) < 4.78 is 20.2. The van der Waals surface area contributed by atoms with Crippen molar-refractivity contribution in [3.63, 3.8) is 0 Å². The Bertz CT molecular complexity index is 1420. The number of ether oxygens (including phenoxy) is 1. The van der Waals surface area contributed by atoms with Gasteiger partial charge in [-0.3, -0.25) is 4.79 Å². The molecule has 3 aromatic rings. The molecule has 2 aliphatic heterocycles. The van der Waals surface area contributed by atoms with Gasteiger partial charge in [0.05, 0.1) is 5.02 Å². The Morgan fingerprint density at radius 1 is 1.16 bits per heavy atom. The minimum atomic E-state index is -0.662. The lowest BCUT2D eigenvalue weighted by molar-refractivity contribution is -0.130. The third-order valence-corrected chi connectivity index (χ3v) is 8.96. The number of piperidine rings is 1. The summed E-state index contributed by atoms with van der Waals surface area (Å²) in [5.41, 5.74) is 10.4. The van der Waals surface area contributed by atoms with E-state index >= 15 is 0 Å². The molecule has 1 spiro atoms. The van der Waals surface area contributed by atoms with E-state index in [-0.39, 0.29) is 27.7 Å². The van der Waals surface area contributed by atoms with Crippen molar-refractivity contribution in [1.29, 1.82) is 0 Å². The van der Waals surface area contributed by atoms with Gasteiger partial charge >= 0.3 is 0 Å². The molecular weight excluding hydrogens is 526 g/mol. The van der Waals surface area contributed by atoms with E-state index in [1.54, 1.807) is 20.0 Å². The number of halogens is 3. The summed E-state index contributed by atoms with van der Waals surface area (Å²) in [5.74, 6) is 0.114. The van der Waals surface area contributed by atoms with Gasteiger partial charge in [0.25, 0.3) is 0 Å². The number of nitrogens with zero attached hydrogens (tertiary/aromatic N) is 2. The third-order valence-electron chi connectivity index (χ3n) is 8.25. The molecule has 0 unspecified atom stereocenters. The van der Waals surface area contributed by atoms with Gasteiger partial charge in [-0.2, -0.15) is 0 Å². The fourth-order valence-electron chi connectivity index (χ4n) is 5.99. The molecule has 2 aromatic carbocycles. The van der Waals surface area contributed by atoms with Crippen LogP contribution in [0.4, 0.5) is 15.9 Å². The quantitative estimate of drug-likeness (QED) is 0.338. The highest BCUT2D eigenvalue weighted by atomic mass is 35.5. The number of nitrogen functional groups attached to an aromatic ring is 1. The molecule has 0 saturated carbocycles. The van der Waals surface area contributed by atoms with Gasteiger partial charge in [0.1, 0.15) is 11.9 Å². The molecule has 1 fully saturated rings. The number of benzene rings is 2. The number of carbonyl (C=O) groups is 1. The van der Waals surface area contributed by atoms with E-state index in [0.717, 1.165) is 42.7 Å². The molecule has 2 aliphatic rings. The SMILES string of the molecule is CC(=O)N1CCC2(CC1)c1cc(-c3cnc(N)c(O[C@H](C)c4c(Cl)ccc(F)c4Cl)c3)ccc1NC2(C)C. The lowest BCUT2D eigenvalue weighted by Gasteiger charge is -2.47. The second kappa shape index (κ2) is 9.62. The molecule has 0 aliphatic carbocycles. The Kier molecular flexibility index (Phi) is 6.72. The van der Waals surface area contributed by atoms with Crippen LogP contribution in [0.15, 0.2) is 42.6 Å². The summed E-state index contributed by atoms with van der Waals surface area (Å²) in [4.78, 5) is 18.3. The van der Waals surface area contributed by atoms with E-state index in [1.165, 1.54) is 17.7 Å². The van der Waals surface area contributed by atoms with Crippen molar-refractivity contribution >= 4 is 40.6 Å². The van der Waals surface area contributed by atoms with Crippen LogP contribution in [-0.4, -0.2) is 34.4 Å². The molecule has 1 aromatic heterocycles. The smallest absolute Gasteiger partial charge is 0.219 e. The predicted octanol–water partition coefficient (Wildman–Crippen LogP) is 7.00. The summed E-state index contributed by atoms with van der Waals surface area (Å²) >= 11 is 12.5. The number of carbonyl (C=O) groups excluding carboxylic acids is 1. The highest BCUT2D eigenvalue weighted by molar-refractivity contribution is 6.36. The molecule has 6 nitrogen and oxygen atoms in total. The minimum absolute atomic E-state index is 0.0810. The molecule has 0 radical (unpaired) electrons. The molecule has 3 heterocycles. The Balaban J connectivity index is 1.48. The van der Waals surface area contributed by atoms with Crippen molar-refractivity contribution in [2.75, 3.05) is 24.1 Å². The van der Waals surface area contributed by atoms with Crippen LogP contribution in [-0.2, 0) is 10.2 Å². The number of hydrogen-bond donors (Lipinski definition) is 2. The molecule has 0 bridgehead atoms. The van der Waals surface area contributed by atoms with E-state index in [2.05, 4.69) is 36.3 Å². The molecule has 3 N–H and O–H groups in total. The fourth-order valence-corrected chi connectivity index (χ4v) is 6.67. The highest BCUT2D eigenvalue weighted by Gasteiger charge is 2.53. The zero-order chi connectivity index (χ0) is 27.4. The number of anilines is 2. The Morgan fingerprint density at radius 2 is 1.87 bits per heavy atom. The number of likely N-dealkylation sites (tertiary alicyclic amines) is 1. The molecule has 1 amide bonds. The molecule has 38 heavy (non-hydrogen) atoms. The first kappa shape index (κ1) is 26.6. The second-order valence-electron chi connectivity index (χ2n) is 10.7. The molecule has 9 heteroatoms. The van der Waals surface area contributed by atoms with Gasteiger partial charge in [-0.25, -0.2) is 9.37 Å². The van der Waals surface area contributed by atoms with Crippen LogP contribution >= 0.6 is 23.2 Å². The first-order valence-electron chi connectivity index (χ1n) is 12.7. The number of rotatable bonds is 4. The number of aromatic nitrogens is 1. The van der Waals surface area contributed by atoms with Crippen molar-refractivity contribution in [3.8, 4) is 16.9 Å². The van der Waals surface area contributed by atoms with E-state index < -0.39 is 11.9 Å². The maximum absolute atomic E-state index is 14.1. The lowest BCUT2D eigenvalue weighted by Crippen LogP contribution is -2.54. The van der Waals surface area contributed by atoms with Crippen LogP contribution in [0.3, 0.4) is 0 Å². The largest absolute Gasteiger partial charge is 0.482 e. The first-order chi connectivity index (χ1) is 17.9. The number of amides is 1. The van der Waals surface area contributed by atoms with E-state index in [9.17, 15) is 9.18 Å². The standard InChI is InChI=1S/C29H31Cl2FN4O2/c1-16(25-21(30)6-7-22(32)26(25)31)38-24-14-19(15-34-27(24)33)18-5-8-23-20(13-18)29(28(3,4)35-23)9-11-36(12-10-29)17(2)37/h5-8,13-16,35H,9-12H2,1-4H3,(H2,33,34)/t16-/m1/s1. The van der Waals surface area contributed by atoms with E-state index in [0.29, 0.717) is 16.3 Å². The van der Waals surface area contributed by atoms with Gasteiger partial charge in [0.2, 0.25) is 5.91 Å².